The van der Waals surface area contributed by atoms with E-state index in [1.165, 1.54) is 6.07 Å². The van der Waals surface area contributed by atoms with Gasteiger partial charge in [-0.2, -0.15) is 13.2 Å². The lowest BCUT2D eigenvalue weighted by atomic mass is 9.76. The van der Waals surface area contributed by atoms with Gasteiger partial charge in [-0.25, -0.2) is 4.39 Å². The molecule has 1 saturated carbocycles. The van der Waals surface area contributed by atoms with Crippen molar-refractivity contribution < 1.29 is 17.6 Å². The molecule has 2 fully saturated rings. The first-order chi connectivity index (χ1) is 10.5. The Morgan fingerprint density at radius 3 is 2.17 bits per heavy atom. The van der Waals surface area contributed by atoms with E-state index >= 15 is 0 Å². The summed E-state index contributed by atoms with van der Waals surface area (Å²) in [6.45, 7) is 3.29. The standard InChI is InChI=1S/C16H20F4N2.2ClH/c17-14-10-12(16(18,19)20)4-5-13(14)15(11-2-1-3-11)22-8-6-21-7-9-22;;/h4-5,10-11,15,21H,1-3,6-9H2;2*1H/t15-;;/m0../s1. The fraction of sp³-hybridized carbons (Fsp3) is 0.625. The fourth-order valence-electron chi connectivity index (χ4n) is 3.41. The predicted molar refractivity (Wildman–Crippen MR) is 90.4 cm³/mol. The van der Waals surface area contributed by atoms with Crippen molar-refractivity contribution in [1.82, 2.24) is 10.2 Å². The number of hydrogen-bond acceptors (Lipinski definition) is 2. The van der Waals surface area contributed by atoms with Crippen LogP contribution in [-0.4, -0.2) is 31.1 Å². The number of alkyl halides is 3. The lowest BCUT2D eigenvalue weighted by Gasteiger charge is -2.43. The van der Waals surface area contributed by atoms with Crippen LogP contribution in [0.15, 0.2) is 18.2 Å². The van der Waals surface area contributed by atoms with E-state index in [1.807, 2.05) is 0 Å². The van der Waals surface area contributed by atoms with Gasteiger partial charge in [0.15, 0.2) is 0 Å². The third-order valence-electron chi connectivity index (χ3n) is 4.79. The zero-order chi connectivity index (χ0) is 15.7. The molecule has 1 aliphatic heterocycles. The van der Waals surface area contributed by atoms with Gasteiger partial charge in [-0.1, -0.05) is 12.5 Å². The molecule has 1 saturated heterocycles. The minimum Gasteiger partial charge on any atom is -0.314 e. The van der Waals surface area contributed by atoms with E-state index in [0.29, 0.717) is 17.5 Å². The summed E-state index contributed by atoms with van der Waals surface area (Å²) < 4.78 is 52.5. The van der Waals surface area contributed by atoms with E-state index in [4.69, 9.17) is 0 Å². The second-order valence-corrected chi connectivity index (χ2v) is 6.16. The number of nitrogens with one attached hydrogen (secondary N) is 1. The molecule has 2 nitrogen and oxygen atoms in total. The second-order valence-electron chi connectivity index (χ2n) is 6.16. The van der Waals surface area contributed by atoms with E-state index in [-0.39, 0.29) is 30.9 Å². The average Bonchev–Trinajstić information content (AvgIpc) is 2.43. The number of halogens is 6. The van der Waals surface area contributed by atoms with Gasteiger partial charge in [0.2, 0.25) is 0 Å². The Labute approximate surface area is 151 Å². The Balaban J connectivity index is 0.00000144. The van der Waals surface area contributed by atoms with Crippen molar-refractivity contribution in [1.29, 1.82) is 0 Å². The molecule has 1 N–H and O–H groups in total. The summed E-state index contributed by atoms with van der Waals surface area (Å²) in [6.07, 6.45) is -1.33. The van der Waals surface area contributed by atoms with Crippen LogP contribution in [0.25, 0.3) is 0 Å². The normalized spacial score (nSPS) is 20.5. The van der Waals surface area contributed by atoms with Crippen molar-refractivity contribution in [2.24, 2.45) is 5.92 Å². The highest BCUT2D eigenvalue weighted by atomic mass is 35.5. The van der Waals surface area contributed by atoms with Crippen molar-refractivity contribution >= 4 is 24.8 Å². The summed E-state index contributed by atoms with van der Waals surface area (Å²) in [5, 5.41) is 3.26. The van der Waals surface area contributed by atoms with Gasteiger partial charge in [-0.15, -0.1) is 24.8 Å². The quantitative estimate of drug-likeness (QED) is 0.770. The molecule has 0 amide bonds. The van der Waals surface area contributed by atoms with Gasteiger partial charge >= 0.3 is 6.18 Å². The maximum Gasteiger partial charge on any atom is 0.416 e. The summed E-state index contributed by atoms with van der Waals surface area (Å²) in [4.78, 5) is 2.21. The lowest BCUT2D eigenvalue weighted by molar-refractivity contribution is -0.137. The van der Waals surface area contributed by atoms with Crippen LogP contribution in [0.3, 0.4) is 0 Å². The lowest BCUT2D eigenvalue weighted by Crippen LogP contribution is -2.48. The van der Waals surface area contributed by atoms with Crippen molar-refractivity contribution in [3.63, 3.8) is 0 Å². The van der Waals surface area contributed by atoms with Crippen LogP contribution < -0.4 is 5.32 Å². The summed E-state index contributed by atoms with van der Waals surface area (Å²) in [5.74, 6) is -0.380. The van der Waals surface area contributed by atoms with Crippen molar-refractivity contribution in [3.05, 3.63) is 35.1 Å². The van der Waals surface area contributed by atoms with Gasteiger partial charge in [0.25, 0.3) is 0 Å². The molecule has 0 unspecified atom stereocenters. The molecule has 0 aromatic heterocycles. The molecular weight excluding hydrogens is 367 g/mol. The minimum absolute atomic E-state index is 0. The molecule has 24 heavy (non-hydrogen) atoms. The first-order valence-electron chi connectivity index (χ1n) is 7.78. The van der Waals surface area contributed by atoms with Crippen LogP contribution >= 0.6 is 24.8 Å². The second kappa shape index (κ2) is 8.70. The zero-order valence-corrected chi connectivity index (χ0v) is 14.7. The maximum atomic E-state index is 14.4. The first-order valence-corrected chi connectivity index (χ1v) is 7.78. The van der Waals surface area contributed by atoms with Gasteiger partial charge in [-0.3, -0.25) is 4.90 Å². The first kappa shape index (κ1) is 21.5. The molecular formula is C16H22Cl2F4N2. The third kappa shape index (κ3) is 4.54. The fourth-order valence-corrected chi connectivity index (χ4v) is 3.41. The molecule has 1 aromatic carbocycles. The zero-order valence-electron chi connectivity index (χ0n) is 13.1. The van der Waals surface area contributed by atoms with E-state index in [9.17, 15) is 17.6 Å². The molecule has 138 valence electrons. The number of rotatable bonds is 3. The summed E-state index contributed by atoms with van der Waals surface area (Å²) in [6, 6.07) is 2.89. The predicted octanol–water partition coefficient (Wildman–Crippen LogP) is 4.43. The van der Waals surface area contributed by atoms with Crippen LogP contribution in [0.1, 0.15) is 36.4 Å². The largest absolute Gasteiger partial charge is 0.416 e. The smallest absolute Gasteiger partial charge is 0.314 e. The number of hydrogen-bond donors (Lipinski definition) is 1. The van der Waals surface area contributed by atoms with Crippen LogP contribution in [0, 0.1) is 11.7 Å². The summed E-state index contributed by atoms with van der Waals surface area (Å²) in [5.41, 5.74) is -0.499. The van der Waals surface area contributed by atoms with Crippen LogP contribution in [0.5, 0.6) is 0 Å². The Morgan fingerprint density at radius 2 is 1.71 bits per heavy atom. The van der Waals surface area contributed by atoms with Crippen molar-refractivity contribution in [2.75, 3.05) is 26.2 Å². The average molecular weight is 389 g/mol. The maximum absolute atomic E-state index is 14.4. The Hall–Kier alpha value is -0.560. The van der Waals surface area contributed by atoms with Gasteiger partial charge in [-0.05, 0) is 30.9 Å². The topological polar surface area (TPSA) is 15.3 Å². The van der Waals surface area contributed by atoms with Crippen LogP contribution in [0.4, 0.5) is 17.6 Å². The van der Waals surface area contributed by atoms with E-state index < -0.39 is 17.6 Å². The van der Waals surface area contributed by atoms with E-state index in [2.05, 4.69) is 10.2 Å². The van der Waals surface area contributed by atoms with Gasteiger partial charge < -0.3 is 5.32 Å². The van der Waals surface area contributed by atoms with Gasteiger partial charge in [0, 0.05) is 37.8 Å². The molecule has 0 spiro atoms. The SMILES string of the molecule is Cl.Cl.Fc1cc(C(F)(F)F)ccc1[C@H](C1CCC1)N1CCNCC1. The minimum atomic E-state index is -4.50. The summed E-state index contributed by atoms with van der Waals surface area (Å²) >= 11 is 0. The number of benzene rings is 1. The molecule has 1 heterocycles. The molecule has 0 radical (unpaired) electrons. The molecule has 1 aromatic rings. The van der Waals surface area contributed by atoms with E-state index in [0.717, 1.165) is 51.5 Å². The Bertz CT molecular complexity index is 529. The molecule has 2 aliphatic rings. The molecule has 0 bridgehead atoms. The van der Waals surface area contributed by atoms with E-state index in [1.54, 1.807) is 0 Å². The Morgan fingerprint density at radius 1 is 1.08 bits per heavy atom. The molecule has 1 aliphatic carbocycles. The highest BCUT2D eigenvalue weighted by molar-refractivity contribution is 5.85. The molecule has 8 heteroatoms. The van der Waals surface area contributed by atoms with Crippen LogP contribution in [-0.2, 0) is 6.18 Å². The monoisotopic (exact) mass is 388 g/mol. The number of nitrogens with zero attached hydrogens (tertiary/aromatic N) is 1. The van der Waals surface area contributed by atoms with Gasteiger partial charge in [0.05, 0.1) is 5.56 Å². The van der Waals surface area contributed by atoms with Crippen molar-refractivity contribution in [3.8, 4) is 0 Å². The molecule has 1 atom stereocenters. The number of piperazine rings is 1. The Kier molecular flexibility index (Phi) is 7.78. The summed E-state index contributed by atoms with van der Waals surface area (Å²) in [7, 11) is 0. The van der Waals surface area contributed by atoms with Gasteiger partial charge in [0.1, 0.15) is 5.82 Å². The highest BCUT2D eigenvalue weighted by Crippen LogP contribution is 2.43. The van der Waals surface area contributed by atoms with Crippen LogP contribution in [0.2, 0.25) is 0 Å². The molecule has 3 rings (SSSR count). The van der Waals surface area contributed by atoms with Crippen molar-refractivity contribution in [2.45, 2.75) is 31.5 Å². The third-order valence-corrected chi connectivity index (χ3v) is 4.79. The highest BCUT2D eigenvalue weighted by Gasteiger charge is 2.37.